The molecule has 0 radical (unpaired) electrons. The smallest absolute Gasteiger partial charge is 0.350 e. The van der Waals surface area contributed by atoms with Crippen LogP contribution in [0.25, 0.3) is 0 Å². The quantitative estimate of drug-likeness (QED) is 0.708. The number of aromatic nitrogens is 4. The van der Waals surface area contributed by atoms with Crippen molar-refractivity contribution in [1.29, 1.82) is 0 Å². The lowest BCUT2D eigenvalue weighted by Crippen LogP contribution is -2.25. The number of carbonyl (C=O) groups excluding carboxylic acids is 1. The zero-order chi connectivity index (χ0) is 21.1. The third-order valence-corrected chi connectivity index (χ3v) is 3.56. The maximum atomic E-state index is 12.7. The minimum absolute atomic E-state index is 0.0867. The van der Waals surface area contributed by atoms with Gasteiger partial charge in [0.15, 0.2) is 5.69 Å². The average Bonchev–Trinajstić information content (AvgIpc) is 3.13. The lowest BCUT2D eigenvalue weighted by Gasteiger charge is -2.12. The Morgan fingerprint density at radius 3 is 2.54 bits per heavy atom. The molecule has 1 amide bonds. The van der Waals surface area contributed by atoms with Crippen LogP contribution in [0.5, 0.6) is 0 Å². The molecule has 0 aromatic carbocycles. The van der Waals surface area contributed by atoms with E-state index < -0.39 is 43.2 Å². The van der Waals surface area contributed by atoms with E-state index in [-0.39, 0.29) is 17.9 Å². The fourth-order valence-corrected chi connectivity index (χ4v) is 2.19. The van der Waals surface area contributed by atoms with Gasteiger partial charge in [-0.05, 0) is 13.0 Å². The number of nitrogens with one attached hydrogen (secondary N) is 1. The molecule has 1 N–H and O–H groups in total. The van der Waals surface area contributed by atoms with E-state index in [2.05, 4.69) is 20.3 Å². The largest absolute Gasteiger partial charge is 0.435 e. The number of anilines is 1. The van der Waals surface area contributed by atoms with Crippen LogP contribution in [-0.2, 0) is 29.0 Å². The summed E-state index contributed by atoms with van der Waals surface area (Å²) in [6.45, 7) is 0.960. The molecule has 0 saturated heterocycles. The van der Waals surface area contributed by atoms with Crippen LogP contribution >= 0.6 is 0 Å². The Labute approximate surface area is 155 Å². The number of halogens is 6. The number of alkyl halides is 6. The molecule has 2 heterocycles. The summed E-state index contributed by atoms with van der Waals surface area (Å²) in [5.74, 6) is -1.25. The van der Waals surface area contributed by atoms with Gasteiger partial charge in [0.1, 0.15) is 13.3 Å². The Morgan fingerprint density at radius 2 is 1.96 bits per heavy atom. The standard InChI is InChI=1S/C15H17F6N5O2/c1-9(5-26-10(2)3-12(24-26)15(19,20)21)13(27)23-11-4-22-25(6-11)8-28-7-14(16,17)18/h3-4,6,9H,5,7-8H2,1-2H3,(H,23,27). The van der Waals surface area contributed by atoms with Crippen LogP contribution in [0.1, 0.15) is 18.3 Å². The topological polar surface area (TPSA) is 74.0 Å². The fourth-order valence-electron chi connectivity index (χ4n) is 2.19. The van der Waals surface area contributed by atoms with E-state index in [9.17, 15) is 31.1 Å². The first-order valence-electron chi connectivity index (χ1n) is 7.94. The van der Waals surface area contributed by atoms with Gasteiger partial charge in [-0.25, -0.2) is 4.68 Å². The van der Waals surface area contributed by atoms with Gasteiger partial charge in [0.2, 0.25) is 5.91 Å². The van der Waals surface area contributed by atoms with E-state index in [1.54, 1.807) is 0 Å². The highest BCUT2D eigenvalue weighted by Crippen LogP contribution is 2.28. The molecular formula is C15H17F6N5O2. The van der Waals surface area contributed by atoms with Crippen molar-refractivity contribution in [3.05, 3.63) is 29.8 Å². The second kappa shape index (κ2) is 8.20. The minimum atomic E-state index is -4.58. The van der Waals surface area contributed by atoms with Crippen LogP contribution in [0.15, 0.2) is 18.5 Å². The monoisotopic (exact) mass is 413 g/mol. The molecule has 156 valence electrons. The molecule has 28 heavy (non-hydrogen) atoms. The van der Waals surface area contributed by atoms with Gasteiger partial charge in [0.25, 0.3) is 0 Å². The van der Waals surface area contributed by atoms with Gasteiger partial charge in [-0.3, -0.25) is 9.48 Å². The van der Waals surface area contributed by atoms with E-state index in [1.807, 2.05) is 0 Å². The summed E-state index contributed by atoms with van der Waals surface area (Å²) in [5.41, 5.74) is -0.583. The van der Waals surface area contributed by atoms with Crippen LogP contribution in [0.3, 0.4) is 0 Å². The van der Waals surface area contributed by atoms with E-state index in [4.69, 9.17) is 0 Å². The molecule has 2 aromatic heterocycles. The molecule has 0 aliphatic heterocycles. The summed E-state index contributed by atoms with van der Waals surface area (Å²) >= 11 is 0. The van der Waals surface area contributed by atoms with Crippen molar-refractivity contribution < 1.29 is 35.9 Å². The lowest BCUT2D eigenvalue weighted by atomic mass is 10.1. The molecule has 2 rings (SSSR count). The molecule has 2 aromatic rings. The fraction of sp³-hybridized carbons (Fsp3) is 0.533. The molecule has 0 spiro atoms. The molecule has 0 bridgehead atoms. The zero-order valence-electron chi connectivity index (χ0n) is 14.8. The normalized spacial score (nSPS) is 13.6. The summed E-state index contributed by atoms with van der Waals surface area (Å²) < 4.78 is 80.7. The number of carbonyl (C=O) groups is 1. The van der Waals surface area contributed by atoms with Gasteiger partial charge < -0.3 is 10.1 Å². The van der Waals surface area contributed by atoms with Crippen LogP contribution in [0.4, 0.5) is 32.0 Å². The second-order valence-corrected chi connectivity index (χ2v) is 6.10. The summed E-state index contributed by atoms with van der Waals surface area (Å²) in [4.78, 5) is 12.2. The maximum Gasteiger partial charge on any atom is 0.435 e. The third-order valence-electron chi connectivity index (χ3n) is 3.56. The SMILES string of the molecule is Cc1cc(C(F)(F)F)nn1CC(C)C(=O)Nc1cnn(COCC(F)(F)F)c1. The number of nitrogens with zero attached hydrogens (tertiary/aromatic N) is 4. The number of ether oxygens (including phenoxy) is 1. The van der Waals surface area contributed by atoms with Gasteiger partial charge in [-0.1, -0.05) is 6.92 Å². The van der Waals surface area contributed by atoms with E-state index in [0.29, 0.717) is 0 Å². The Kier molecular flexibility index (Phi) is 6.37. The van der Waals surface area contributed by atoms with Gasteiger partial charge in [-0.2, -0.15) is 36.5 Å². The van der Waals surface area contributed by atoms with Crippen molar-refractivity contribution in [1.82, 2.24) is 19.6 Å². The van der Waals surface area contributed by atoms with Gasteiger partial charge >= 0.3 is 12.4 Å². The molecule has 13 heteroatoms. The summed E-state index contributed by atoms with van der Waals surface area (Å²) in [6.07, 6.45) is -6.56. The Bertz CT molecular complexity index is 811. The number of aryl methyl sites for hydroxylation is 1. The first-order valence-corrected chi connectivity index (χ1v) is 7.94. The molecule has 0 aliphatic carbocycles. The van der Waals surface area contributed by atoms with Crippen molar-refractivity contribution in [2.24, 2.45) is 5.92 Å². The van der Waals surface area contributed by atoms with Crippen molar-refractivity contribution in [3.8, 4) is 0 Å². The van der Waals surface area contributed by atoms with Gasteiger partial charge in [0.05, 0.1) is 30.5 Å². The Hall–Kier alpha value is -2.57. The number of amides is 1. The maximum absolute atomic E-state index is 12.7. The van der Waals surface area contributed by atoms with E-state index in [0.717, 1.165) is 15.4 Å². The highest BCUT2D eigenvalue weighted by molar-refractivity contribution is 5.91. The first kappa shape index (κ1) is 21.7. The van der Waals surface area contributed by atoms with E-state index in [1.165, 1.54) is 26.2 Å². The molecule has 0 aliphatic rings. The minimum Gasteiger partial charge on any atom is -0.350 e. The predicted molar refractivity (Wildman–Crippen MR) is 84.0 cm³/mol. The molecular weight excluding hydrogens is 396 g/mol. The molecule has 0 fully saturated rings. The molecule has 1 unspecified atom stereocenters. The number of hydrogen-bond donors (Lipinski definition) is 1. The van der Waals surface area contributed by atoms with Gasteiger partial charge in [0, 0.05) is 5.69 Å². The zero-order valence-corrected chi connectivity index (χ0v) is 14.8. The Balaban J connectivity index is 1.90. The average molecular weight is 413 g/mol. The van der Waals surface area contributed by atoms with Crippen LogP contribution < -0.4 is 5.32 Å². The molecule has 1 atom stereocenters. The molecule has 7 nitrogen and oxygen atoms in total. The van der Waals surface area contributed by atoms with Crippen molar-refractivity contribution in [2.75, 3.05) is 11.9 Å². The van der Waals surface area contributed by atoms with Crippen LogP contribution in [-0.4, -0.2) is 38.3 Å². The highest BCUT2D eigenvalue weighted by atomic mass is 19.4. The van der Waals surface area contributed by atoms with Crippen molar-refractivity contribution in [3.63, 3.8) is 0 Å². The van der Waals surface area contributed by atoms with Crippen LogP contribution in [0, 0.1) is 12.8 Å². The highest BCUT2D eigenvalue weighted by Gasteiger charge is 2.34. The van der Waals surface area contributed by atoms with E-state index >= 15 is 0 Å². The second-order valence-electron chi connectivity index (χ2n) is 6.10. The number of hydrogen-bond acceptors (Lipinski definition) is 4. The van der Waals surface area contributed by atoms with Crippen LogP contribution in [0.2, 0.25) is 0 Å². The summed E-state index contributed by atoms with van der Waals surface area (Å²) in [5, 5.41) is 9.68. The molecule has 0 saturated carbocycles. The first-order chi connectivity index (χ1) is 12.8. The summed E-state index contributed by atoms with van der Waals surface area (Å²) in [6, 6.07) is 0.885. The van der Waals surface area contributed by atoms with Gasteiger partial charge in [-0.15, -0.1) is 0 Å². The van der Waals surface area contributed by atoms with Crippen molar-refractivity contribution >= 4 is 11.6 Å². The predicted octanol–water partition coefficient (Wildman–Crippen LogP) is 3.22. The summed E-state index contributed by atoms with van der Waals surface area (Å²) in [7, 11) is 0. The Morgan fingerprint density at radius 1 is 1.29 bits per heavy atom. The lowest BCUT2D eigenvalue weighted by molar-refractivity contribution is -0.182. The number of rotatable bonds is 7. The third kappa shape index (κ3) is 6.25. The van der Waals surface area contributed by atoms with Crippen molar-refractivity contribution in [2.45, 2.75) is 39.5 Å².